The Hall–Kier alpha value is -3.20. The summed E-state index contributed by atoms with van der Waals surface area (Å²) in [5.74, 6) is -1.44. The molecule has 2 heterocycles. The van der Waals surface area contributed by atoms with E-state index >= 15 is 0 Å². The number of aryl methyl sites for hydroxylation is 1. The molecular formula is C19H18ClN3O6. The number of carbonyl (C=O) groups is 2. The number of nitro groups is 1. The molecule has 1 aromatic heterocycles. The second kappa shape index (κ2) is 7.32. The van der Waals surface area contributed by atoms with Crippen LogP contribution in [0.3, 0.4) is 0 Å². The van der Waals surface area contributed by atoms with Crippen LogP contribution >= 0.6 is 11.6 Å². The van der Waals surface area contributed by atoms with Crippen molar-refractivity contribution < 1.29 is 23.8 Å². The fourth-order valence-electron chi connectivity index (χ4n) is 3.62. The molecule has 0 fully saturated rings. The molecule has 1 unspecified atom stereocenters. The molecule has 1 aromatic carbocycles. The van der Waals surface area contributed by atoms with Gasteiger partial charge in [0.25, 0.3) is 0 Å². The maximum Gasteiger partial charge on any atom is 0.334 e. The molecule has 3 rings (SSSR count). The number of rotatable bonds is 6. The monoisotopic (exact) mass is 419 g/mol. The Bertz CT molecular complexity index is 1050. The van der Waals surface area contributed by atoms with Crippen LogP contribution in [0, 0.1) is 17.0 Å². The number of nitrogens with zero attached hydrogens (tertiary/aromatic N) is 3. The van der Waals surface area contributed by atoms with E-state index in [2.05, 4.69) is 11.7 Å². The molecule has 0 saturated carbocycles. The van der Waals surface area contributed by atoms with Crippen molar-refractivity contribution in [3.63, 3.8) is 0 Å². The number of likely N-dealkylation sites (N-methyl/N-ethyl adjacent to an activating group) is 1. The van der Waals surface area contributed by atoms with E-state index in [1.54, 1.807) is 19.1 Å². The second-order valence-electron chi connectivity index (χ2n) is 6.60. The van der Waals surface area contributed by atoms with E-state index in [1.165, 1.54) is 24.9 Å². The van der Waals surface area contributed by atoms with Gasteiger partial charge in [-0.2, -0.15) is 0 Å². The first-order valence-electron chi connectivity index (χ1n) is 8.69. The first-order valence-corrected chi connectivity index (χ1v) is 9.07. The molecule has 0 bridgehead atoms. The Kier molecular flexibility index (Phi) is 5.18. The molecule has 0 saturated heterocycles. The van der Waals surface area contributed by atoms with Gasteiger partial charge in [0, 0.05) is 24.2 Å². The zero-order valence-electron chi connectivity index (χ0n) is 16.0. The van der Waals surface area contributed by atoms with Crippen molar-refractivity contribution in [1.29, 1.82) is 0 Å². The standard InChI is InChI=1S/C19H18ClN3O6/c1-5-28-17(24)10(2)19(9-15-16(23(26)27)11(3)21-29-15)13-8-12(20)6-7-14(13)22(4)18(19)25/h6-8H,2,5,9H2,1,3-4H3. The molecule has 2 aromatic rings. The molecule has 10 heteroatoms. The molecule has 1 aliphatic rings. The highest BCUT2D eigenvalue weighted by atomic mass is 35.5. The smallest absolute Gasteiger partial charge is 0.334 e. The topological polar surface area (TPSA) is 116 Å². The van der Waals surface area contributed by atoms with Crippen molar-refractivity contribution in [2.24, 2.45) is 0 Å². The Balaban J connectivity index is 2.27. The number of anilines is 1. The summed E-state index contributed by atoms with van der Waals surface area (Å²) < 4.78 is 10.2. The number of carbonyl (C=O) groups excluding carboxylic acids is 2. The highest BCUT2D eigenvalue weighted by molar-refractivity contribution is 6.31. The zero-order valence-corrected chi connectivity index (χ0v) is 16.8. The SMILES string of the molecule is C=C(C(=O)OCC)C1(Cc2onc(C)c2[N+](=O)[O-])C(=O)N(C)c2ccc(Cl)cc21. The van der Waals surface area contributed by atoms with Crippen molar-refractivity contribution >= 4 is 34.9 Å². The number of hydrogen-bond acceptors (Lipinski definition) is 7. The maximum absolute atomic E-state index is 13.4. The third-order valence-electron chi connectivity index (χ3n) is 4.99. The van der Waals surface area contributed by atoms with Crippen LogP contribution in [0.5, 0.6) is 0 Å². The van der Waals surface area contributed by atoms with Crippen LogP contribution in [-0.4, -0.2) is 35.6 Å². The van der Waals surface area contributed by atoms with Gasteiger partial charge in [-0.25, -0.2) is 4.79 Å². The quantitative estimate of drug-likeness (QED) is 0.305. The minimum atomic E-state index is -1.68. The summed E-state index contributed by atoms with van der Waals surface area (Å²) in [6.45, 7) is 6.94. The number of halogens is 1. The van der Waals surface area contributed by atoms with Crippen LogP contribution in [0.2, 0.25) is 5.02 Å². The largest absolute Gasteiger partial charge is 0.463 e. The van der Waals surface area contributed by atoms with Crippen molar-refractivity contribution in [3.8, 4) is 0 Å². The van der Waals surface area contributed by atoms with Gasteiger partial charge in [0.15, 0.2) is 5.69 Å². The number of ether oxygens (including phenoxy) is 1. The van der Waals surface area contributed by atoms with Crippen molar-refractivity contribution in [1.82, 2.24) is 5.16 Å². The van der Waals surface area contributed by atoms with Crippen LogP contribution in [0.4, 0.5) is 11.4 Å². The minimum absolute atomic E-state index is 0.0621. The summed E-state index contributed by atoms with van der Waals surface area (Å²) in [5.41, 5.74) is -1.25. The molecule has 0 spiro atoms. The predicted molar refractivity (Wildman–Crippen MR) is 104 cm³/mol. The van der Waals surface area contributed by atoms with Gasteiger partial charge in [-0.3, -0.25) is 14.9 Å². The van der Waals surface area contributed by atoms with Crippen molar-refractivity contribution in [2.75, 3.05) is 18.6 Å². The third kappa shape index (κ3) is 3.07. The van der Waals surface area contributed by atoms with Crippen LogP contribution < -0.4 is 4.90 Å². The lowest BCUT2D eigenvalue weighted by Crippen LogP contribution is -2.44. The molecule has 0 aliphatic carbocycles. The highest BCUT2D eigenvalue weighted by Crippen LogP contribution is 2.49. The summed E-state index contributed by atoms with van der Waals surface area (Å²) in [5, 5.41) is 15.5. The van der Waals surface area contributed by atoms with E-state index in [9.17, 15) is 19.7 Å². The lowest BCUT2D eigenvalue weighted by molar-refractivity contribution is -0.386. The van der Waals surface area contributed by atoms with E-state index in [0.717, 1.165) is 0 Å². The van der Waals surface area contributed by atoms with Gasteiger partial charge in [-0.15, -0.1) is 0 Å². The normalized spacial score (nSPS) is 17.9. The maximum atomic E-state index is 13.4. The van der Waals surface area contributed by atoms with Gasteiger partial charge in [0.05, 0.1) is 17.1 Å². The summed E-state index contributed by atoms with van der Waals surface area (Å²) in [4.78, 5) is 38.2. The minimum Gasteiger partial charge on any atom is -0.463 e. The van der Waals surface area contributed by atoms with Crippen molar-refractivity contribution in [3.05, 3.63) is 62.5 Å². The van der Waals surface area contributed by atoms with E-state index in [-0.39, 0.29) is 35.7 Å². The van der Waals surface area contributed by atoms with E-state index in [4.69, 9.17) is 20.9 Å². The molecule has 9 nitrogen and oxygen atoms in total. The van der Waals surface area contributed by atoms with E-state index in [0.29, 0.717) is 16.3 Å². The average Bonchev–Trinajstić information content (AvgIpc) is 3.13. The number of benzene rings is 1. The van der Waals surface area contributed by atoms with Crippen LogP contribution in [-0.2, 0) is 26.2 Å². The number of esters is 1. The molecule has 1 aliphatic heterocycles. The van der Waals surface area contributed by atoms with E-state index in [1.807, 2.05) is 0 Å². The Morgan fingerprint density at radius 2 is 2.17 bits per heavy atom. The molecule has 1 amide bonds. The molecule has 0 N–H and O–H groups in total. The lowest BCUT2D eigenvalue weighted by atomic mass is 9.72. The molecule has 1 atom stereocenters. The van der Waals surface area contributed by atoms with Crippen LogP contribution in [0.25, 0.3) is 0 Å². The molecule has 152 valence electrons. The predicted octanol–water partition coefficient (Wildman–Crippen LogP) is 3.12. The molecular weight excluding hydrogens is 402 g/mol. The highest BCUT2D eigenvalue weighted by Gasteiger charge is 2.55. The van der Waals surface area contributed by atoms with Gasteiger partial charge in [0.2, 0.25) is 11.7 Å². The van der Waals surface area contributed by atoms with Crippen molar-refractivity contribution in [2.45, 2.75) is 25.7 Å². The summed E-state index contributed by atoms with van der Waals surface area (Å²) >= 11 is 6.16. The fourth-order valence-corrected chi connectivity index (χ4v) is 3.79. The van der Waals surface area contributed by atoms with Gasteiger partial charge in [-0.05, 0) is 37.6 Å². The Morgan fingerprint density at radius 3 is 2.79 bits per heavy atom. The number of amides is 1. The summed E-state index contributed by atoms with van der Waals surface area (Å²) in [6.07, 6.45) is -0.335. The number of fused-ring (bicyclic) bond motifs is 1. The lowest BCUT2D eigenvalue weighted by Gasteiger charge is -2.28. The fraction of sp³-hybridized carbons (Fsp3) is 0.316. The van der Waals surface area contributed by atoms with E-state index < -0.39 is 22.2 Å². The first kappa shape index (κ1) is 20.5. The Labute approximate surface area is 171 Å². The second-order valence-corrected chi connectivity index (χ2v) is 7.04. The third-order valence-corrected chi connectivity index (χ3v) is 5.23. The average molecular weight is 420 g/mol. The van der Waals surface area contributed by atoms with Gasteiger partial charge in [-0.1, -0.05) is 23.3 Å². The zero-order chi connectivity index (χ0) is 21.5. The summed E-state index contributed by atoms with van der Waals surface area (Å²) in [7, 11) is 1.54. The van der Waals surface area contributed by atoms with Gasteiger partial charge in [0.1, 0.15) is 5.41 Å². The van der Waals surface area contributed by atoms with Crippen LogP contribution in [0.15, 0.2) is 34.9 Å². The van der Waals surface area contributed by atoms with Crippen LogP contribution in [0.1, 0.15) is 23.9 Å². The number of hydrogen-bond donors (Lipinski definition) is 0. The summed E-state index contributed by atoms with van der Waals surface area (Å²) in [6, 6.07) is 4.78. The van der Waals surface area contributed by atoms with Gasteiger partial charge < -0.3 is 14.2 Å². The van der Waals surface area contributed by atoms with Gasteiger partial charge >= 0.3 is 11.7 Å². The Morgan fingerprint density at radius 1 is 1.48 bits per heavy atom. The molecule has 29 heavy (non-hydrogen) atoms. The first-order chi connectivity index (χ1) is 13.6. The molecule has 0 radical (unpaired) electrons. The number of aromatic nitrogens is 1.